The Kier molecular flexibility index (Phi) is 1.86. The molecule has 2 rings (SSSR count). The van der Waals surface area contributed by atoms with E-state index in [1.165, 1.54) is 6.26 Å². The van der Waals surface area contributed by atoms with Crippen molar-refractivity contribution in [1.82, 2.24) is 4.98 Å². The van der Waals surface area contributed by atoms with E-state index in [0.717, 1.165) is 0 Å². The molecule has 0 aromatic carbocycles. The van der Waals surface area contributed by atoms with Crippen LogP contribution in [0.4, 0.5) is 0 Å². The molecule has 0 radical (unpaired) electrons. The van der Waals surface area contributed by atoms with Gasteiger partial charge in [-0.2, -0.15) is 0 Å². The van der Waals surface area contributed by atoms with Crippen LogP contribution in [-0.4, -0.2) is 9.97 Å². The summed E-state index contributed by atoms with van der Waals surface area (Å²) in [6, 6.07) is 3.50. The normalized spacial score (nSPS) is 10.2. The lowest BCUT2D eigenvalue weighted by Gasteiger charge is -1.85. The number of rotatable bonds is 2. The van der Waals surface area contributed by atoms with Crippen LogP contribution in [0.3, 0.4) is 0 Å². The van der Waals surface area contributed by atoms with Crippen molar-refractivity contribution in [3.05, 3.63) is 30.4 Å². The third-order valence-electron chi connectivity index (χ3n) is 1.49. The molecule has 0 aliphatic heterocycles. The average molecular weight is 194 g/mol. The van der Waals surface area contributed by atoms with Gasteiger partial charge in [-0.3, -0.25) is 0 Å². The quantitative estimate of drug-likeness (QED) is 0.735. The van der Waals surface area contributed by atoms with Crippen LogP contribution in [-0.2, 0) is 0 Å². The molecule has 0 spiro atoms. The highest BCUT2D eigenvalue weighted by Gasteiger charge is 2.09. The van der Waals surface area contributed by atoms with Crippen molar-refractivity contribution in [2.45, 2.75) is 0 Å². The first-order valence-electron chi connectivity index (χ1n) is 3.56. The van der Waals surface area contributed by atoms with E-state index < -0.39 is 0 Å². The standard InChI is InChI=1S/C8H6N2O2S/c9-7(13)5-4-12-8(10-5)6-2-1-3-11-6/h1-4H,(H2,9,13). The predicted octanol–water partition coefficient (Wildman–Crippen LogP) is 1.57. The Labute approximate surface area is 79.4 Å². The molecule has 0 unspecified atom stereocenters. The van der Waals surface area contributed by atoms with Gasteiger partial charge in [0.2, 0.25) is 0 Å². The summed E-state index contributed by atoms with van der Waals surface area (Å²) in [6.45, 7) is 0. The number of hydrogen-bond donors (Lipinski definition) is 1. The zero-order valence-corrected chi connectivity index (χ0v) is 7.38. The van der Waals surface area contributed by atoms with Gasteiger partial charge in [-0.05, 0) is 12.1 Å². The fraction of sp³-hybridized carbons (Fsp3) is 0. The number of oxazole rings is 1. The number of thiocarbonyl (C=S) groups is 1. The molecule has 2 aromatic heterocycles. The molecule has 0 saturated heterocycles. The number of nitrogens with zero attached hydrogens (tertiary/aromatic N) is 1. The summed E-state index contributed by atoms with van der Waals surface area (Å²) in [4.78, 5) is 4.24. The minimum Gasteiger partial charge on any atom is -0.459 e. The zero-order chi connectivity index (χ0) is 9.26. The van der Waals surface area contributed by atoms with Crippen molar-refractivity contribution in [3.63, 3.8) is 0 Å². The van der Waals surface area contributed by atoms with Crippen LogP contribution in [0.1, 0.15) is 5.69 Å². The Balaban J connectivity index is 2.39. The molecule has 2 heterocycles. The first-order valence-corrected chi connectivity index (χ1v) is 3.97. The minimum absolute atomic E-state index is 0.210. The van der Waals surface area contributed by atoms with Crippen LogP contribution in [0.2, 0.25) is 0 Å². The van der Waals surface area contributed by atoms with Gasteiger partial charge in [-0.25, -0.2) is 4.98 Å². The predicted molar refractivity (Wildman–Crippen MR) is 50.1 cm³/mol. The van der Waals surface area contributed by atoms with Crippen molar-refractivity contribution in [1.29, 1.82) is 0 Å². The van der Waals surface area contributed by atoms with Crippen molar-refractivity contribution < 1.29 is 8.83 Å². The van der Waals surface area contributed by atoms with Crippen molar-refractivity contribution in [2.24, 2.45) is 5.73 Å². The maximum Gasteiger partial charge on any atom is 0.263 e. The van der Waals surface area contributed by atoms with E-state index in [-0.39, 0.29) is 4.99 Å². The van der Waals surface area contributed by atoms with Crippen LogP contribution >= 0.6 is 12.2 Å². The van der Waals surface area contributed by atoms with Gasteiger partial charge in [-0.1, -0.05) is 12.2 Å². The first kappa shape index (κ1) is 8.00. The molecule has 5 heteroatoms. The van der Waals surface area contributed by atoms with Gasteiger partial charge in [0.25, 0.3) is 5.89 Å². The molecule has 13 heavy (non-hydrogen) atoms. The number of aromatic nitrogens is 1. The number of hydrogen-bond acceptors (Lipinski definition) is 4. The van der Waals surface area contributed by atoms with E-state index >= 15 is 0 Å². The second kappa shape index (κ2) is 3.02. The summed E-state index contributed by atoms with van der Waals surface area (Å²) in [6.07, 6.45) is 2.94. The highest BCUT2D eigenvalue weighted by molar-refractivity contribution is 7.80. The summed E-state index contributed by atoms with van der Waals surface area (Å²) in [5.41, 5.74) is 5.82. The Hall–Kier alpha value is -1.62. The van der Waals surface area contributed by atoms with Gasteiger partial charge in [-0.15, -0.1) is 0 Å². The lowest BCUT2D eigenvalue weighted by molar-refractivity contribution is 0.517. The maximum atomic E-state index is 5.36. The maximum absolute atomic E-state index is 5.36. The SMILES string of the molecule is NC(=S)c1coc(-c2ccco2)n1. The lowest BCUT2D eigenvalue weighted by Crippen LogP contribution is -2.09. The fourth-order valence-corrected chi connectivity index (χ4v) is 0.994. The van der Waals surface area contributed by atoms with E-state index in [1.807, 2.05) is 0 Å². The van der Waals surface area contributed by atoms with E-state index in [0.29, 0.717) is 17.3 Å². The molecular formula is C8H6N2O2S. The van der Waals surface area contributed by atoms with Gasteiger partial charge in [0.15, 0.2) is 5.76 Å². The van der Waals surface area contributed by atoms with E-state index in [1.54, 1.807) is 18.4 Å². The minimum atomic E-state index is 0.210. The molecule has 0 aliphatic carbocycles. The highest BCUT2D eigenvalue weighted by Crippen LogP contribution is 2.18. The highest BCUT2D eigenvalue weighted by atomic mass is 32.1. The molecule has 0 bridgehead atoms. The molecule has 0 atom stereocenters. The topological polar surface area (TPSA) is 65.2 Å². The zero-order valence-electron chi connectivity index (χ0n) is 6.56. The molecule has 66 valence electrons. The number of nitrogens with two attached hydrogens (primary N) is 1. The van der Waals surface area contributed by atoms with Gasteiger partial charge in [0, 0.05) is 0 Å². The number of furan rings is 1. The summed E-state index contributed by atoms with van der Waals surface area (Å²) in [5.74, 6) is 0.940. The van der Waals surface area contributed by atoms with Gasteiger partial charge in [0.05, 0.1) is 6.26 Å². The molecule has 0 saturated carbocycles. The van der Waals surface area contributed by atoms with Crippen LogP contribution in [0.25, 0.3) is 11.7 Å². The Morgan fingerprint density at radius 1 is 1.46 bits per heavy atom. The van der Waals surface area contributed by atoms with Crippen LogP contribution in [0, 0.1) is 0 Å². The third kappa shape index (κ3) is 1.46. The van der Waals surface area contributed by atoms with Crippen LogP contribution in [0.15, 0.2) is 33.5 Å². The fourth-order valence-electron chi connectivity index (χ4n) is 0.900. The summed E-state index contributed by atoms with van der Waals surface area (Å²) in [7, 11) is 0. The molecule has 0 fully saturated rings. The molecule has 0 amide bonds. The van der Waals surface area contributed by atoms with Crippen LogP contribution in [0.5, 0.6) is 0 Å². The molecule has 2 N–H and O–H groups in total. The van der Waals surface area contributed by atoms with Crippen molar-refractivity contribution in [2.75, 3.05) is 0 Å². The second-order valence-electron chi connectivity index (χ2n) is 2.38. The van der Waals surface area contributed by atoms with Gasteiger partial charge >= 0.3 is 0 Å². The van der Waals surface area contributed by atoms with Crippen molar-refractivity contribution >= 4 is 17.2 Å². The second-order valence-corrected chi connectivity index (χ2v) is 2.82. The van der Waals surface area contributed by atoms with E-state index in [2.05, 4.69) is 4.98 Å². The molecule has 2 aromatic rings. The summed E-state index contributed by atoms with van der Waals surface area (Å²) >= 11 is 4.73. The molecule has 0 aliphatic rings. The summed E-state index contributed by atoms with van der Waals surface area (Å²) in [5, 5.41) is 0. The lowest BCUT2D eigenvalue weighted by atomic mass is 10.4. The largest absolute Gasteiger partial charge is 0.459 e. The average Bonchev–Trinajstić information content (AvgIpc) is 2.75. The summed E-state index contributed by atoms with van der Waals surface area (Å²) < 4.78 is 10.2. The molecule has 4 nitrogen and oxygen atoms in total. The van der Waals surface area contributed by atoms with Crippen molar-refractivity contribution in [3.8, 4) is 11.7 Å². The van der Waals surface area contributed by atoms with E-state index in [4.69, 9.17) is 26.8 Å². The van der Waals surface area contributed by atoms with Gasteiger partial charge < -0.3 is 14.6 Å². The Morgan fingerprint density at radius 2 is 2.31 bits per heavy atom. The van der Waals surface area contributed by atoms with Crippen LogP contribution < -0.4 is 5.73 Å². The van der Waals surface area contributed by atoms with E-state index in [9.17, 15) is 0 Å². The monoisotopic (exact) mass is 194 g/mol. The van der Waals surface area contributed by atoms with Gasteiger partial charge in [0.1, 0.15) is 16.9 Å². The smallest absolute Gasteiger partial charge is 0.263 e. The first-order chi connectivity index (χ1) is 6.27. The third-order valence-corrected chi connectivity index (χ3v) is 1.70. The Morgan fingerprint density at radius 3 is 2.85 bits per heavy atom. The Bertz CT molecular complexity index is 419. The molecular weight excluding hydrogens is 188 g/mol.